The van der Waals surface area contributed by atoms with Gasteiger partial charge in [0.1, 0.15) is 5.75 Å². The van der Waals surface area contributed by atoms with Crippen LogP contribution in [0.25, 0.3) is 11.5 Å². The van der Waals surface area contributed by atoms with Crippen molar-refractivity contribution in [3.63, 3.8) is 0 Å². The van der Waals surface area contributed by atoms with E-state index in [9.17, 15) is 5.11 Å². The van der Waals surface area contributed by atoms with Crippen LogP contribution in [0.15, 0.2) is 58.2 Å². The third kappa shape index (κ3) is 3.96. The van der Waals surface area contributed by atoms with Crippen molar-refractivity contribution in [1.29, 1.82) is 0 Å². The molecule has 24 heavy (non-hydrogen) atoms. The molecule has 5 nitrogen and oxygen atoms in total. The quantitative estimate of drug-likeness (QED) is 0.686. The van der Waals surface area contributed by atoms with Gasteiger partial charge in [-0.2, -0.15) is 0 Å². The molecule has 0 saturated heterocycles. The maximum Gasteiger partial charge on any atom is 0.276 e. The second kappa shape index (κ2) is 7.51. The molecule has 0 spiro atoms. The van der Waals surface area contributed by atoms with Crippen molar-refractivity contribution in [2.75, 3.05) is 12.9 Å². The summed E-state index contributed by atoms with van der Waals surface area (Å²) in [5.74, 6) is 1.62. The molecule has 0 fully saturated rings. The number of benzene rings is 2. The lowest BCUT2D eigenvalue weighted by Gasteiger charge is -2.10. The molecule has 0 bridgehead atoms. The molecule has 2 aromatic carbocycles. The molecule has 0 radical (unpaired) electrons. The lowest BCUT2D eigenvalue weighted by atomic mass is 10.1. The van der Waals surface area contributed by atoms with E-state index in [1.165, 1.54) is 17.3 Å². The molecule has 0 aliphatic rings. The Balaban J connectivity index is 1.63. The number of aryl methyl sites for hydroxylation is 1. The van der Waals surface area contributed by atoms with Crippen molar-refractivity contribution in [3.05, 3.63) is 59.7 Å². The van der Waals surface area contributed by atoms with Crippen molar-refractivity contribution in [3.8, 4) is 17.2 Å². The number of nitrogens with zero attached hydrogens (tertiary/aromatic N) is 2. The van der Waals surface area contributed by atoms with Gasteiger partial charge in [-0.25, -0.2) is 0 Å². The van der Waals surface area contributed by atoms with Gasteiger partial charge in [-0.1, -0.05) is 41.6 Å². The average Bonchev–Trinajstić information content (AvgIpc) is 3.09. The van der Waals surface area contributed by atoms with Gasteiger partial charge in [0.25, 0.3) is 5.22 Å². The first-order chi connectivity index (χ1) is 11.7. The summed E-state index contributed by atoms with van der Waals surface area (Å²) in [7, 11) is 1.60. The molecule has 3 rings (SSSR count). The summed E-state index contributed by atoms with van der Waals surface area (Å²) >= 11 is 1.32. The van der Waals surface area contributed by atoms with Crippen LogP contribution in [0.1, 0.15) is 17.2 Å². The fourth-order valence-corrected chi connectivity index (χ4v) is 2.91. The number of ether oxygens (including phenoxy) is 1. The predicted octanol–water partition coefficient (Wildman–Crippen LogP) is 3.88. The van der Waals surface area contributed by atoms with E-state index < -0.39 is 6.10 Å². The number of aliphatic hydroxyl groups is 1. The van der Waals surface area contributed by atoms with E-state index in [4.69, 9.17) is 9.15 Å². The highest BCUT2D eigenvalue weighted by atomic mass is 32.2. The van der Waals surface area contributed by atoms with E-state index in [-0.39, 0.29) is 0 Å². The molecular formula is C18H18N2O3S. The molecule has 1 heterocycles. The molecular weight excluding hydrogens is 324 g/mol. The van der Waals surface area contributed by atoms with E-state index >= 15 is 0 Å². The van der Waals surface area contributed by atoms with Gasteiger partial charge in [0.05, 0.1) is 13.2 Å². The highest BCUT2D eigenvalue weighted by molar-refractivity contribution is 7.99. The van der Waals surface area contributed by atoms with Crippen molar-refractivity contribution in [2.24, 2.45) is 0 Å². The van der Waals surface area contributed by atoms with Crippen LogP contribution < -0.4 is 4.74 Å². The number of methoxy groups -OCH3 is 1. The Kier molecular flexibility index (Phi) is 5.17. The van der Waals surface area contributed by atoms with Gasteiger partial charge in [0.2, 0.25) is 5.89 Å². The SMILES string of the molecule is COc1cccc(C(O)CSc2nnc(-c3ccc(C)cc3)o2)c1. The van der Waals surface area contributed by atoms with Crippen LogP contribution in [-0.2, 0) is 0 Å². The second-order valence-corrected chi connectivity index (χ2v) is 6.31. The fraction of sp³-hybridized carbons (Fsp3) is 0.222. The van der Waals surface area contributed by atoms with Gasteiger partial charge in [0, 0.05) is 11.3 Å². The number of hydrogen-bond donors (Lipinski definition) is 1. The fourth-order valence-electron chi connectivity index (χ4n) is 2.18. The molecule has 1 aromatic heterocycles. The summed E-state index contributed by atoms with van der Waals surface area (Å²) in [5, 5.41) is 18.8. The Labute approximate surface area is 144 Å². The topological polar surface area (TPSA) is 68.4 Å². The third-order valence-electron chi connectivity index (χ3n) is 3.55. The molecule has 6 heteroatoms. The van der Waals surface area contributed by atoms with Crippen molar-refractivity contribution >= 4 is 11.8 Å². The van der Waals surface area contributed by atoms with Gasteiger partial charge in [-0.3, -0.25) is 0 Å². The number of hydrogen-bond acceptors (Lipinski definition) is 6. The molecule has 1 N–H and O–H groups in total. The zero-order valence-corrected chi connectivity index (χ0v) is 14.3. The van der Waals surface area contributed by atoms with Crippen molar-refractivity contribution in [1.82, 2.24) is 10.2 Å². The first-order valence-corrected chi connectivity index (χ1v) is 8.49. The number of rotatable bonds is 6. The van der Waals surface area contributed by atoms with Gasteiger partial charge >= 0.3 is 0 Å². The largest absolute Gasteiger partial charge is 0.497 e. The van der Waals surface area contributed by atoms with Gasteiger partial charge in [-0.05, 0) is 36.8 Å². The Morgan fingerprint density at radius 2 is 1.96 bits per heavy atom. The van der Waals surface area contributed by atoms with Gasteiger partial charge in [-0.15, -0.1) is 10.2 Å². The maximum absolute atomic E-state index is 10.3. The summed E-state index contributed by atoms with van der Waals surface area (Å²) < 4.78 is 10.8. The minimum absolute atomic E-state index is 0.419. The second-order valence-electron chi connectivity index (χ2n) is 5.34. The summed E-state index contributed by atoms with van der Waals surface area (Å²) in [4.78, 5) is 0. The molecule has 0 aliphatic carbocycles. The highest BCUT2D eigenvalue weighted by Gasteiger charge is 2.13. The first-order valence-electron chi connectivity index (χ1n) is 7.51. The summed E-state index contributed by atoms with van der Waals surface area (Å²) in [5.41, 5.74) is 2.85. The smallest absolute Gasteiger partial charge is 0.276 e. The Bertz CT molecular complexity index is 802. The van der Waals surface area contributed by atoms with Crippen LogP contribution in [0, 0.1) is 6.92 Å². The van der Waals surface area contributed by atoms with Crippen LogP contribution >= 0.6 is 11.8 Å². The lowest BCUT2D eigenvalue weighted by molar-refractivity contribution is 0.203. The third-order valence-corrected chi connectivity index (χ3v) is 4.44. The minimum Gasteiger partial charge on any atom is -0.497 e. The number of thioether (sulfide) groups is 1. The summed E-state index contributed by atoms with van der Waals surface area (Å²) in [6, 6.07) is 15.3. The van der Waals surface area contributed by atoms with Crippen LogP contribution in [0.5, 0.6) is 5.75 Å². The zero-order valence-electron chi connectivity index (χ0n) is 13.5. The van der Waals surface area contributed by atoms with E-state index in [1.807, 2.05) is 55.5 Å². The highest BCUT2D eigenvalue weighted by Crippen LogP contribution is 2.28. The molecule has 3 aromatic rings. The van der Waals surface area contributed by atoms with Crippen LogP contribution in [0.3, 0.4) is 0 Å². The Morgan fingerprint density at radius 1 is 1.17 bits per heavy atom. The van der Waals surface area contributed by atoms with Gasteiger partial charge < -0.3 is 14.3 Å². The van der Waals surface area contributed by atoms with Crippen LogP contribution in [0.2, 0.25) is 0 Å². The lowest BCUT2D eigenvalue weighted by Crippen LogP contribution is -2.00. The maximum atomic E-state index is 10.3. The molecule has 1 atom stereocenters. The molecule has 0 aliphatic heterocycles. The summed E-state index contributed by atoms with van der Waals surface area (Å²) in [6.45, 7) is 2.03. The van der Waals surface area contributed by atoms with Crippen molar-refractivity contribution < 1.29 is 14.3 Å². The number of aliphatic hydroxyl groups excluding tert-OH is 1. The predicted molar refractivity (Wildman–Crippen MR) is 93.1 cm³/mol. The van der Waals surface area contributed by atoms with E-state index in [0.717, 1.165) is 16.9 Å². The number of aromatic nitrogens is 2. The zero-order chi connectivity index (χ0) is 16.9. The van der Waals surface area contributed by atoms with Gasteiger partial charge in [0.15, 0.2) is 0 Å². The molecule has 0 saturated carbocycles. The normalized spacial score (nSPS) is 12.1. The van der Waals surface area contributed by atoms with E-state index in [0.29, 0.717) is 16.9 Å². The van der Waals surface area contributed by atoms with Crippen LogP contribution in [-0.4, -0.2) is 28.2 Å². The van der Waals surface area contributed by atoms with E-state index in [2.05, 4.69) is 10.2 Å². The van der Waals surface area contributed by atoms with Crippen LogP contribution in [0.4, 0.5) is 0 Å². The molecule has 124 valence electrons. The average molecular weight is 342 g/mol. The molecule has 0 amide bonds. The minimum atomic E-state index is -0.639. The van der Waals surface area contributed by atoms with Crippen molar-refractivity contribution in [2.45, 2.75) is 18.3 Å². The first kappa shape index (κ1) is 16.5. The monoisotopic (exact) mass is 342 g/mol. The standard InChI is InChI=1S/C18H18N2O3S/c1-12-6-8-13(9-7-12)17-19-20-18(23-17)24-11-16(21)14-4-3-5-15(10-14)22-2/h3-10,16,21H,11H2,1-2H3. The Morgan fingerprint density at radius 3 is 2.71 bits per heavy atom. The van der Waals surface area contributed by atoms with E-state index in [1.54, 1.807) is 7.11 Å². The Hall–Kier alpha value is -2.31. The molecule has 1 unspecified atom stereocenters. The summed E-state index contributed by atoms with van der Waals surface area (Å²) in [6.07, 6.45) is -0.639.